The zero-order chi connectivity index (χ0) is 21.6. The normalized spacial score (nSPS) is 42.2. The van der Waals surface area contributed by atoms with E-state index >= 15 is 0 Å². The van der Waals surface area contributed by atoms with Crippen LogP contribution in [0.2, 0.25) is 0 Å². The maximum Gasteiger partial charge on any atom is 0.303 e. The summed E-state index contributed by atoms with van der Waals surface area (Å²) < 4.78 is 5.27. The van der Waals surface area contributed by atoms with Crippen LogP contribution >= 0.6 is 0 Å². The van der Waals surface area contributed by atoms with Crippen molar-refractivity contribution in [3.05, 3.63) is 0 Å². The molecular formula is C23H34O6. The summed E-state index contributed by atoms with van der Waals surface area (Å²) in [4.78, 5) is 48.5. The molecule has 3 aliphatic rings. The highest BCUT2D eigenvalue weighted by Gasteiger charge is 2.59. The summed E-state index contributed by atoms with van der Waals surface area (Å²) in [5.41, 5.74) is -0.761. The summed E-state index contributed by atoms with van der Waals surface area (Å²) in [6.45, 7) is 7.15. The number of carboxylic acid groups (broad SMARTS) is 1. The molecule has 29 heavy (non-hydrogen) atoms. The van der Waals surface area contributed by atoms with Crippen molar-refractivity contribution in [2.45, 2.75) is 85.2 Å². The molecule has 6 heteroatoms. The highest BCUT2D eigenvalue weighted by molar-refractivity contribution is 5.86. The first-order valence-electron chi connectivity index (χ1n) is 10.9. The van der Waals surface area contributed by atoms with Crippen LogP contribution in [0.5, 0.6) is 0 Å². The Labute approximate surface area is 172 Å². The molecule has 0 saturated heterocycles. The summed E-state index contributed by atoms with van der Waals surface area (Å²) in [5.74, 6) is -0.880. The fraction of sp³-hybridized carbons (Fsp3) is 0.826. The molecule has 3 rings (SSSR count). The maximum atomic E-state index is 13.2. The molecule has 3 saturated carbocycles. The van der Waals surface area contributed by atoms with Crippen LogP contribution in [0.15, 0.2) is 0 Å². The van der Waals surface area contributed by atoms with Gasteiger partial charge in [-0.2, -0.15) is 0 Å². The predicted molar refractivity (Wildman–Crippen MR) is 106 cm³/mol. The van der Waals surface area contributed by atoms with Crippen LogP contribution in [-0.4, -0.2) is 34.7 Å². The van der Waals surface area contributed by atoms with Gasteiger partial charge in [-0.15, -0.1) is 0 Å². The number of Topliss-reactive ketones (excluding diaryl/α,β-unsaturated/α-hetero) is 2. The average Bonchev–Trinajstić information content (AvgIpc) is 2.95. The molecule has 0 aromatic carbocycles. The third-order valence-electron chi connectivity index (χ3n) is 8.52. The van der Waals surface area contributed by atoms with Gasteiger partial charge in [0.05, 0.1) is 0 Å². The van der Waals surface area contributed by atoms with E-state index in [0.717, 1.165) is 25.7 Å². The summed E-state index contributed by atoms with van der Waals surface area (Å²) >= 11 is 0. The molecular weight excluding hydrogens is 372 g/mol. The zero-order valence-electron chi connectivity index (χ0n) is 18.0. The van der Waals surface area contributed by atoms with Crippen LogP contribution in [0.25, 0.3) is 0 Å². The summed E-state index contributed by atoms with van der Waals surface area (Å²) in [5, 5.41) is 9.64. The molecule has 3 fully saturated rings. The number of fused-ring (bicyclic) bond motifs is 1. The van der Waals surface area contributed by atoms with E-state index in [9.17, 15) is 24.3 Å². The van der Waals surface area contributed by atoms with Crippen LogP contribution < -0.4 is 0 Å². The molecule has 0 aromatic rings. The molecule has 6 nitrogen and oxygen atoms in total. The number of carboxylic acids is 1. The number of carbonyl (C=O) groups is 4. The van der Waals surface area contributed by atoms with E-state index < -0.39 is 11.4 Å². The monoisotopic (exact) mass is 406 g/mol. The van der Waals surface area contributed by atoms with Crippen molar-refractivity contribution < 1.29 is 29.0 Å². The van der Waals surface area contributed by atoms with Gasteiger partial charge in [-0.25, -0.2) is 0 Å². The van der Waals surface area contributed by atoms with Gasteiger partial charge >= 0.3 is 11.9 Å². The van der Waals surface area contributed by atoms with Gasteiger partial charge in [0.2, 0.25) is 0 Å². The lowest BCUT2D eigenvalue weighted by molar-refractivity contribution is -0.159. The second-order valence-electron chi connectivity index (χ2n) is 10.1. The first-order chi connectivity index (χ1) is 13.5. The molecule has 0 amide bonds. The number of hydrogen-bond acceptors (Lipinski definition) is 5. The van der Waals surface area contributed by atoms with E-state index in [0.29, 0.717) is 12.8 Å². The SMILES string of the molecule is CC(=O)O[C@H]1CC[C@](C)([C@H]2CC[C@]3(C)[C@@H](C(C)=O)CC[C@H]3[C@@H]2CC(=O)O)C(=O)C1. The minimum absolute atomic E-state index is 0.00633. The van der Waals surface area contributed by atoms with Crippen LogP contribution in [0.3, 0.4) is 0 Å². The van der Waals surface area contributed by atoms with Crippen LogP contribution in [0.1, 0.15) is 79.1 Å². The van der Waals surface area contributed by atoms with Gasteiger partial charge in [-0.3, -0.25) is 19.2 Å². The highest BCUT2D eigenvalue weighted by atomic mass is 16.5. The van der Waals surface area contributed by atoms with Crippen molar-refractivity contribution in [2.75, 3.05) is 0 Å². The number of ketones is 2. The Balaban J connectivity index is 1.87. The Morgan fingerprint density at radius 2 is 1.72 bits per heavy atom. The molecule has 162 valence electrons. The predicted octanol–water partition coefficient (Wildman–Crippen LogP) is 3.80. The number of carbonyl (C=O) groups excluding carboxylic acids is 3. The Morgan fingerprint density at radius 1 is 1.03 bits per heavy atom. The molecule has 0 radical (unpaired) electrons. The molecule has 0 aromatic heterocycles. The third-order valence-corrected chi connectivity index (χ3v) is 8.52. The van der Waals surface area contributed by atoms with Crippen molar-refractivity contribution in [1.29, 1.82) is 0 Å². The van der Waals surface area contributed by atoms with Crippen molar-refractivity contribution in [2.24, 2.45) is 34.5 Å². The minimum atomic E-state index is -0.833. The van der Waals surface area contributed by atoms with Gasteiger partial charge < -0.3 is 9.84 Å². The average molecular weight is 407 g/mol. The largest absolute Gasteiger partial charge is 0.481 e. The summed E-state index contributed by atoms with van der Waals surface area (Å²) in [6.07, 6.45) is 4.45. The topological polar surface area (TPSA) is 97.7 Å². The first kappa shape index (κ1) is 22.0. The van der Waals surface area contributed by atoms with Gasteiger partial charge in [0.15, 0.2) is 0 Å². The minimum Gasteiger partial charge on any atom is -0.481 e. The quantitative estimate of drug-likeness (QED) is 0.698. The van der Waals surface area contributed by atoms with Gasteiger partial charge in [0, 0.05) is 31.1 Å². The first-order valence-corrected chi connectivity index (χ1v) is 10.9. The Kier molecular flexibility index (Phi) is 5.94. The van der Waals surface area contributed by atoms with E-state index in [1.54, 1.807) is 6.92 Å². The van der Waals surface area contributed by atoms with E-state index in [-0.39, 0.29) is 65.6 Å². The highest BCUT2D eigenvalue weighted by Crippen LogP contribution is 2.63. The Morgan fingerprint density at radius 3 is 2.28 bits per heavy atom. The molecule has 0 unspecified atom stereocenters. The van der Waals surface area contributed by atoms with Crippen molar-refractivity contribution in [1.82, 2.24) is 0 Å². The molecule has 1 N–H and O–H groups in total. The summed E-state index contributed by atoms with van der Waals surface area (Å²) in [7, 11) is 0. The standard InChI is InChI=1S/C23H34O6/c1-13(24)17-5-6-18-16(12-21(27)28)19(8-10-22(17,18)3)23(4)9-7-15(11-20(23)26)29-14(2)25/h15-19H,5-12H2,1-4H3,(H,27,28)/t15-,16-,17+,18-,19-,22+,23+/m0/s1. The number of hydrogen-bond donors (Lipinski definition) is 1. The molecule has 0 bridgehead atoms. The smallest absolute Gasteiger partial charge is 0.303 e. The van der Waals surface area contributed by atoms with Gasteiger partial charge in [0.1, 0.15) is 17.7 Å². The zero-order valence-corrected chi connectivity index (χ0v) is 18.0. The third kappa shape index (κ3) is 3.87. The number of esters is 1. The van der Waals surface area contributed by atoms with Gasteiger partial charge in [-0.1, -0.05) is 13.8 Å². The molecule has 3 aliphatic carbocycles. The lowest BCUT2D eigenvalue weighted by Gasteiger charge is -2.54. The van der Waals surface area contributed by atoms with Crippen LogP contribution in [0.4, 0.5) is 0 Å². The molecule has 0 spiro atoms. The van der Waals surface area contributed by atoms with Gasteiger partial charge in [0.25, 0.3) is 0 Å². The fourth-order valence-corrected chi connectivity index (χ4v) is 7.10. The maximum absolute atomic E-state index is 13.2. The van der Waals surface area contributed by atoms with Crippen LogP contribution in [0, 0.1) is 34.5 Å². The van der Waals surface area contributed by atoms with E-state index in [1.807, 2.05) is 6.92 Å². The second kappa shape index (κ2) is 7.84. The Hall–Kier alpha value is -1.72. The van der Waals surface area contributed by atoms with Crippen molar-refractivity contribution >= 4 is 23.5 Å². The fourth-order valence-electron chi connectivity index (χ4n) is 7.10. The number of ether oxygens (including phenoxy) is 1. The van der Waals surface area contributed by atoms with E-state index in [1.165, 1.54) is 6.92 Å². The number of aliphatic carboxylic acids is 1. The van der Waals surface area contributed by atoms with Crippen LogP contribution in [-0.2, 0) is 23.9 Å². The summed E-state index contributed by atoms with van der Waals surface area (Å²) in [6, 6.07) is 0. The molecule has 0 heterocycles. The Bertz CT molecular complexity index is 714. The second-order valence-corrected chi connectivity index (χ2v) is 10.1. The van der Waals surface area contributed by atoms with E-state index in [2.05, 4.69) is 6.92 Å². The molecule has 7 atom stereocenters. The molecule has 0 aliphatic heterocycles. The van der Waals surface area contributed by atoms with Crippen molar-refractivity contribution in [3.63, 3.8) is 0 Å². The van der Waals surface area contributed by atoms with Gasteiger partial charge in [-0.05, 0) is 68.6 Å². The van der Waals surface area contributed by atoms with Crippen molar-refractivity contribution in [3.8, 4) is 0 Å². The van der Waals surface area contributed by atoms with E-state index in [4.69, 9.17) is 4.74 Å². The lowest BCUT2D eigenvalue weighted by atomic mass is 9.50. The lowest BCUT2D eigenvalue weighted by Crippen LogP contribution is -2.52. The number of rotatable bonds is 5.